The van der Waals surface area contributed by atoms with Crippen molar-refractivity contribution >= 4 is 0 Å². The van der Waals surface area contributed by atoms with E-state index in [9.17, 15) is 0 Å². The summed E-state index contributed by atoms with van der Waals surface area (Å²) in [6.07, 6.45) is 22.0. The molecule has 1 nitrogen and oxygen atoms in total. The Morgan fingerprint density at radius 3 is 1.19 bits per heavy atom. The van der Waals surface area contributed by atoms with Crippen LogP contribution in [0.1, 0.15) is 158 Å². The third-order valence-corrected chi connectivity index (χ3v) is 6.75. The Hall–Kier alpha value is -0.0400. The zero-order chi connectivity index (χ0) is 23.7. The van der Waals surface area contributed by atoms with E-state index in [1.165, 1.54) is 103 Å². The van der Waals surface area contributed by atoms with Gasteiger partial charge in [-0.05, 0) is 36.5 Å². The maximum atomic E-state index is 5.44. The smallest absolute Gasteiger partial charge is 0.0466 e. The molecular formula is C30H64O. The summed E-state index contributed by atoms with van der Waals surface area (Å²) < 4.78 is 5.44. The van der Waals surface area contributed by atoms with Gasteiger partial charge in [-0.1, -0.05) is 145 Å². The quantitative estimate of drug-likeness (QED) is 0.161. The predicted octanol–water partition coefficient (Wildman–Crippen LogP) is 10.9. The summed E-state index contributed by atoms with van der Waals surface area (Å²) in [6, 6.07) is 0. The molecule has 0 aromatic rings. The van der Waals surface area contributed by atoms with Crippen LogP contribution < -0.4 is 0 Å². The number of hydrogen-bond donors (Lipinski definition) is 0. The molecule has 190 valence electrons. The standard InChI is InChI=1S/C20H42.C10H22O/c1-7-18(4)12-9-14-20(6)16-10-15-19(5)13-8-11-17(2)3;1-3-5-7-9-11-10-8-6-4-2/h17-20H,7-16H2,1-6H3;3-10H2,1-2H3. The average molecular weight is 441 g/mol. The van der Waals surface area contributed by atoms with Crippen molar-refractivity contribution < 1.29 is 4.74 Å². The zero-order valence-electron chi connectivity index (χ0n) is 23.4. The van der Waals surface area contributed by atoms with Crippen molar-refractivity contribution in [2.24, 2.45) is 23.7 Å². The second kappa shape index (κ2) is 26.2. The van der Waals surface area contributed by atoms with Gasteiger partial charge in [-0.25, -0.2) is 0 Å². The highest BCUT2D eigenvalue weighted by molar-refractivity contribution is 4.60. The summed E-state index contributed by atoms with van der Waals surface area (Å²) in [7, 11) is 0. The van der Waals surface area contributed by atoms with Crippen molar-refractivity contribution in [2.75, 3.05) is 13.2 Å². The van der Waals surface area contributed by atoms with Crippen LogP contribution >= 0.6 is 0 Å². The van der Waals surface area contributed by atoms with E-state index in [1.54, 1.807) is 0 Å². The molecule has 0 fully saturated rings. The summed E-state index contributed by atoms with van der Waals surface area (Å²) in [5, 5.41) is 0. The molecule has 0 amide bonds. The first-order valence-corrected chi connectivity index (χ1v) is 14.4. The predicted molar refractivity (Wildman–Crippen MR) is 144 cm³/mol. The Kier molecular flexibility index (Phi) is 28.0. The van der Waals surface area contributed by atoms with Gasteiger partial charge in [0.05, 0.1) is 0 Å². The first-order valence-electron chi connectivity index (χ1n) is 14.4. The van der Waals surface area contributed by atoms with Gasteiger partial charge in [0.2, 0.25) is 0 Å². The van der Waals surface area contributed by atoms with Gasteiger partial charge < -0.3 is 4.74 Å². The lowest BCUT2D eigenvalue weighted by Crippen LogP contribution is -2.01. The molecule has 1 heteroatoms. The van der Waals surface area contributed by atoms with Crippen molar-refractivity contribution in [3.63, 3.8) is 0 Å². The Balaban J connectivity index is 0. The summed E-state index contributed by atoms with van der Waals surface area (Å²) >= 11 is 0. The van der Waals surface area contributed by atoms with Crippen molar-refractivity contribution in [3.8, 4) is 0 Å². The lowest BCUT2D eigenvalue weighted by molar-refractivity contribution is 0.126. The average Bonchev–Trinajstić information content (AvgIpc) is 2.73. The molecule has 0 bridgehead atoms. The molecule has 0 aromatic carbocycles. The molecule has 0 N–H and O–H groups in total. The normalized spacial score (nSPS) is 14.2. The molecular weight excluding hydrogens is 376 g/mol. The highest BCUT2D eigenvalue weighted by Crippen LogP contribution is 2.22. The van der Waals surface area contributed by atoms with Crippen LogP contribution in [0.2, 0.25) is 0 Å². The van der Waals surface area contributed by atoms with Crippen molar-refractivity contribution in [1.29, 1.82) is 0 Å². The van der Waals surface area contributed by atoms with Crippen LogP contribution in [0.4, 0.5) is 0 Å². The molecule has 0 aliphatic heterocycles. The van der Waals surface area contributed by atoms with Crippen LogP contribution in [-0.4, -0.2) is 13.2 Å². The van der Waals surface area contributed by atoms with Gasteiger partial charge >= 0.3 is 0 Å². The molecule has 0 heterocycles. The summed E-state index contributed by atoms with van der Waals surface area (Å²) in [5.74, 6) is 3.71. The number of hydrogen-bond acceptors (Lipinski definition) is 1. The maximum Gasteiger partial charge on any atom is 0.0466 e. The van der Waals surface area contributed by atoms with Crippen molar-refractivity contribution in [2.45, 2.75) is 158 Å². The Morgan fingerprint density at radius 2 is 0.839 bits per heavy atom. The second-order valence-electron chi connectivity index (χ2n) is 10.9. The topological polar surface area (TPSA) is 9.23 Å². The van der Waals surface area contributed by atoms with Crippen LogP contribution in [0.5, 0.6) is 0 Å². The van der Waals surface area contributed by atoms with E-state index in [0.717, 1.165) is 36.9 Å². The van der Waals surface area contributed by atoms with Gasteiger partial charge in [-0.15, -0.1) is 0 Å². The maximum absolute atomic E-state index is 5.44. The molecule has 0 saturated carbocycles. The highest BCUT2D eigenvalue weighted by Gasteiger charge is 2.07. The van der Waals surface area contributed by atoms with Crippen LogP contribution in [0.3, 0.4) is 0 Å². The molecule has 0 radical (unpaired) electrons. The van der Waals surface area contributed by atoms with E-state index in [0.29, 0.717) is 0 Å². The fraction of sp³-hybridized carbons (Fsp3) is 1.00. The Labute approximate surface area is 199 Å². The molecule has 0 aliphatic rings. The molecule has 3 atom stereocenters. The van der Waals surface area contributed by atoms with Crippen LogP contribution in [-0.2, 0) is 4.74 Å². The lowest BCUT2D eigenvalue weighted by atomic mass is 9.91. The summed E-state index contributed by atoms with van der Waals surface area (Å²) in [4.78, 5) is 0. The Bertz CT molecular complexity index is 304. The van der Waals surface area contributed by atoms with Crippen molar-refractivity contribution in [3.05, 3.63) is 0 Å². The van der Waals surface area contributed by atoms with Gasteiger partial charge in [-0.3, -0.25) is 0 Å². The minimum atomic E-state index is 0.882. The van der Waals surface area contributed by atoms with E-state index in [1.807, 2.05) is 0 Å². The monoisotopic (exact) mass is 440 g/mol. The highest BCUT2D eigenvalue weighted by atomic mass is 16.5. The number of unbranched alkanes of at least 4 members (excludes halogenated alkanes) is 4. The molecule has 0 aliphatic carbocycles. The largest absolute Gasteiger partial charge is 0.381 e. The first kappa shape index (κ1) is 33.1. The summed E-state index contributed by atoms with van der Waals surface area (Å²) in [6.45, 7) is 20.7. The van der Waals surface area contributed by atoms with Gasteiger partial charge in [0.15, 0.2) is 0 Å². The fourth-order valence-corrected chi connectivity index (χ4v) is 4.01. The van der Waals surface area contributed by atoms with E-state index < -0.39 is 0 Å². The molecule has 0 saturated heterocycles. The molecule has 0 aromatic heterocycles. The first-order chi connectivity index (χ1) is 14.9. The summed E-state index contributed by atoms with van der Waals surface area (Å²) in [5.41, 5.74) is 0. The molecule has 31 heavy (non-hydrogen) atoms. The number of rotatable bonds is 21. The van der Waals surface area contributed by atoms with Gasteiger partial charge in [0.25, 0.3) is 0 Å². The second-order valence-corrected chi connectivity index (χ2v) is 10.9. The van der Waals surface area contributed by atoms with Gasteiger partial charge in [-0.2, -0.15) is 0 Å². The SMILES string of the molecule is CCC(C)CCCC(C)CCCC(C)CCCC(C)C.CCCCCOCCCCC. The Morgan fingerprint density at radius 1 is 0.452 bits per heavy atom. The van der Waals surface area contributed by atoms with Crippen LogP contribution in [0, 0.1) is 23.7 Å². The van der Waals surface area contributed by atoms with Crippen LogP contribution in [0.15, 0.2) is 0 Å². The van der Waals surface area contributed by atoms with Gasteiger partial charge in [0.1, 0.15) is 0 Å². The zero-order valence-corrected chi connectivity index (χ0v) is 23.4. The van der Waals surface area contributed by atoms with Gasteiger partial charge in [0, 0.05) is 13.2 Å². The third kappa shape index (κ3) is 30.0. The van der Waals surface area contributed by atoms with E-state index >= 15 is 0 Å². The molecule has 0 rings (SSSR count). The minimum Gasteiger partial charge on any atom is -0.381 e. The third-order valence-electron chi connectivity index (χ3n) is 6.75. The van der Waals surface area contributed by atoms with E-state index in [-0.39, 0.29) is 0 Å². The number of ether oxygens (including phenoxy) is 1. The fourth-order valence-electron chi connectivity index (χ4n) is 4.01. The minimum absolute atomic E-state index is 0.882. The lowest BCUT2D eigenvalue weighted by Gasteiger charge is -2.15. The van der Waals surface area contributed by atoms with Crippen molar-refractivity contribution in [1.82, 2.24) is 0 Å². The van der Waals surface area contributed by atoms with Crippen LogP contribution in [0.25, 0.3) is 0 Å². The molecule has 0 spiro atoms. The van der Waals surface area contributed by atoms with E-state index in [2.05, 4.69) is 55.4 Å². The van der Waals surface area contributed by atoms with E-state index in [4.69, 9.17) is 4.74 Å². The molecule has 3 unspecified atom stereocenters.